The van der Waals surface area contributed by atoms with Crippen LogP contribution in [0.3, 0.4) is 0 Å². The Morgan fingerprint density at radius 2 is 1.20 bits per heavy atom. The summed E-state index contributed by atoms with van der Waals surface area (Å²) in [5.41, 5.74) is 4.71. The van der Waals surface area contributed by atoms with Crippen molar-refractivity contribution in [2.75, 3.05) is 62.4 Å². The van der Waals surface area contributed by atoms with Gasteiger partial charge < -0.3 is 36.4 Å². The number of carbonyl (C=O) groups excluding carboxylic acids is 4. The fourth-order valence-corrected chi connectivity index (χ4v) is 8.55. The molecule has 0 saturated carbocycles. The molecule has 4 rings (SSSR count). The molecule has 3 atom stereocenters. The smallest absolute Gasteiger partial charge is 0.315 e. The third-order valence-corrected chi connectivity index (χ3v) is 11.8. The lowest BCUT2D eigenvalue weighted by atomic mass is 10.0. The first-order chi connectivity index (χ1) is 26.7. The maximum Gasteiger partial charge on any atom is 0.315 e. The second-order valence-corrected chi connectivity index (χ2v) is 16.2. The number of rotatable bonds is 26. The van der Waals surface area contributed by atoms with E-state index in [-0.39, 0.29) is 35.8 Å². The van der Waals surface area contributed by atoms with Crippen LogP contribution in [0.1, 0.15) is 102 Å². The highest BCUT2D eigenvalue weighted by Crippen LogP contribution is 2.33. The minimum Gasteiger partial charge on any atom is -0.378 e. The van der Waals surface area contributed by atoms with Gasteiger partial charge in [-0.05, 0) is 87.3 Å². The van der Waals surface area contributed by atoms with Crippen molar-refractivity contribution >= 4 is 59.0 Å². The molecule has 0 spiro atoms. The molecule has 302 valence electrons. The van der Waals surface area contributed by atoms with Crippen LogP contribution in [0.15, 0.2) is 48.5 Å². The van der Waals surface area contributed by atoms with Crippen molar-refractivity contribution in [3.05, 3.63) is 59.7 Å². The number of amides is 5. The molecular formula is C43H65N7O4S. The molecular weight excluding hydrogens is 711 g/mol. The van der Waals surface area contributed by atoms with Gasteiger partial charge in [0.25, 0.3) is 0 Å². The summed E-state index contributed by atoms with van der Waals surface area (Å²) in [4.78, 5) is 52.6. The maximum atomic E-state index is 12.4. The van der Waals surface area contributed by atoms with Crippen molar-refractivity contribution in [1.82, 2.24) is 26.6 Å². The van der Waals surface area contributed by atoms with Crippen molar-refractivity contribution in [1.29, 1.82) is 0 Å². The Bertz CT molecular complexity index is 1500. The summed E-state index contributed by atoms with van der Waals surface area (Å²) in [5, 5.41) is 15.5. The molecule has 2 aliphatic rings. The molecule has 2 saturated heterocycles. The van der Waals surface area contributed by atoms with Gasteiger partial charge in [-0.25, -0.2) is 4.79 Å². The first-order valence-corrected chi connectivity index (χ1v) is 21.6. The number of unbranched alkanes of at least 4 members (excludes halogenated alkanes) is 5. The molecule has 12 heteroatoms. The number of hydrogen-bond donors (Lipinski definition) is 5. The molecule has 11 nitrogen and oxygen atoms in total. The van der Waals surface area contributed by atoms with E-state index in [1.54, 1.807) is 0 Å². The van der Waals surface area contributed by atoms with E-state index >= 15 is 0 Å². The van der Waals surface area contributed by atoms with Gasteiger partial charge in [-0.15, -0.1) is 0 Å². The van der Waals surface area contributed by atoms with E-state index < -0.39 is 0 Å². The number of benzene rings is 2. The fourth-order valence-electron chi connectivity index (χ4n) is 7.01. The predicted octanol–water partition coefficient (Wildman–Crippen LogP) is 6.33. The van der Waals surface area contributed by atoms with Gasteiger partial charge in [0.15, 0.2) is 0 Å². The van der Waals surface area contributed by atoms with Gasteiger partial charge in [-0.1, -0.05) is 55.7 Å². The largest absolute Gasteiger partial charge is 0.378 e. The van der Waals surface area contributed by atoms with Crippen LogP contribution in [0.25, 0.3) is 12.2 Å². The van der Waals surface area contributed by atoms with Crippen LogP contribution in [0, 0.1) is 0 Å². The molecule has 0 aromatic heterocycles. The Morgan fingerprint density at radius 1 is 0.691 bits per heavy atom. The Labute approximate surface area is 333 Å². The summed E-state index contributed by atoms with van der Waals surface area (Å²) in [6.45, 7) is 5.88. The summed E-state index contributed by atoms with van der Waals surface area (Å²) in [7, 11) is 4.09. The van der Waals surface area contributed by atoms with Gasteiger partial charge in [0.1, 0.15) is 0 Å². The van der Waals surface area contributed by atoms with Crippen LogP contribution >= 0.6 is 11.8 Å². The summed E-state index contributed by atoms with van der Waals surface area (Å²) < 4.78 is 0. The number of thioether (sulfide) groups is 1. The molecule has 2 heterocycles. The number of fused-ring (bicyclic) bond motifs is 1. The molecule has 0 bridgehead atoms. The minimum absolute atomic E-state index is 0.0574. The van der Waals surface area contributed by atoms with Gasteiger partial charge in [0, 0.05) is 88.5 Å². The average Bonchev–Trinajstić information content (AvgIpc) is 3.74. The van der Waals surface area contributed by atoms with Gasteiger partial charge in [-0.2, -0.15) is 11.8 Å². The lowest BCUT2D eigenvalue weighted by Crippen LogP contribution is -2.36. The second-order valence-electron chi connectivity index (χ2n) is 14.9. The molecule has 2 aliphatic heterocycles. The van der Waals surface area contributed by atoms with E-state index in [1.807, 2.05) is 25.9 Å². The van der Waals surface area contributed by atoms with E-state index in [4.69, 9.17) is 0 Å². The average molecular weight is 776 g/mol. The van der Waals surface area contributed by atoms with Crippen LogP contribution in [-0.2, 0) is 14.4 Å². The van der Waals surface area contributed by atoms with E-state index in [9.17, 15) is 19.2 Å². The topological polar surface area (TPSA) is 135 Å². The normalized spacial score (nSPS) is 17.4. The van der Waals surface area contributed by atoms with Crippen LogP contribution in [0.2, 0.25) is 0 Å². The third kappa shape index (κ3) is 16.2. The highest BCUT2D eigenvalue weighted by molar-refractivity contribution is 8.00. The first kappa shape index (κ1) is 43.5. The molecule has 5 N–H and O–H groups in total. The molecule has 0 radical (unpaired) electrons. The maximum absolute atomic E-state index is 12.4. The number of anilines is 2. The minimum atomic E-state index is -0.0574. The first-order valence-electron chi connectivity index (χ1n) is 20.5. The van der Waals surface area contributed by atoms with Gasteiger partial charge >= 0.3 is 6.03 Å². The molecule has 2 fully saturated rings. The number of carbonyl (C=O) groups is 4. The van der Waals surface area contributed by atoms with Crippen molar-refractivity contribution < 1.29 is 19.2 Å². The van der Waals surface area contributed by atoms with E-state index in [2.05, 4.69) is 104 Å². The molecule has 5 amide bonds. The number of nitrogens with one attached hydrogen (secondary N) is 5. The summed E-state index contributed by atoms with van der Waals surface area (Å²) in [5.74, 6) is 1.21. The molecule has 2 aromatic carbocycles. The summed E-state index contributed by atoms with van der Waals surface area (Å²) in [6, 6.07) is 17.5. The molecule has 0 aliphatic carbocycles. The fraction of sp³-hybridized carbons (Fsp3) is 0.581. The predicted molar refractivity (Wildman–Crippen MR) is 229 cm³/mol. The molecule has 2 unspecified atom stereocenters. The van der Waals surface area contributed by atoms with E-state index in [0.717, 1.165) is 88.6 Å². The third-order valence-electron chi connectivity index (χ3n) is 10.3. The zero-order valence-electron chi connectivity index (χ0n) is 33.4. The quantitative estimate of drug-likeness (QED) is 0.0428. The number of nitrogens with zero attached hydrogens (tertiary/aromatic N) is 2. The van der Waals surface area contributed by atoms with Crippen LogP contribution < -0.4 is 36.4 Å². The van der Waals surface area contributed by atoms with E-state index in [0.29, 0.717) is 44.1 Å². The molecule has 55 heavy (non-hydrogen) atoms. The van der Waals surface area contributed by atoms with Crippen LogP contribution in [-0.4, -0.2) is 93.7 Å². The van der Waals surface area contributed by atoms with Gasteiger partial charge in [-0.3, -0.25) is 14.4 Å². The SMILES string of the molecule is CCN(CCCNC(=O)CCCCCNC(=O)CCCCCNC(=O)CCCC[C@@H]1SCC2NC(=O)NC21)c1ccc(/C=C/c2ccc(N(C)C)cc2)cc1. The molecule has 2 aromatic rings. The van der Waals surface area contributed by atoms with Crippen LogP contribution in [0.4, 0.5) is 16.2 Å². The second kappa shape index (κ2) is 24.3. The Balaban J connectivity index is 0.920. The van der Waals surface area contributed by atoms with Gasteiger partial charge in [0.05, 0.1) is 12.1 Å². The van der Waals surface area contributed by atoms with Gasteiger partial charge in [0.2, 0.25) is 17.7 Å². The number of urea groups is 1. The van der Waals surface area contributed by atoms with Crippen LogP contribution in [0.5, 0.6) is 0 Å². The Kier molecular flexibility index (Phi) is 19.3. The van der Waals surface area contributed by atoms with Crippen molar-refractivity contribution in [2.24, 2.45) is 0 Å². The number of hydrogen-bond acceptors (Lipinski definition) is 7. The monoisotopic (exact) mass is 775 g/mol. The Hall–Kier alpha value is -4.19. The lowest BCUT2D eigenvalue weighted by molar-refractivity contribution is -0.122. The zero-order chi connectivity index (χ0) is 39.3. The highest BCUT2D eigenvalue weighted by atomic mass is 32.2. The lowest BCUT2D eigenvalue weighted by Gasteiger charge is -2.23. The Morgan fingerprint density at radius 3 is 1.73 bits per heavy atom. The van der Waals surface area contributed by atoms with Crippen molar-refractivity contribution in [3.63, 3.8) is 0 Å². The van der Waals surface area contributed by atoms with Crippen molar-refractivity contribution in [2.45, 2.75) is 108 Å². The van der Waals surface area contributed by atoms with E-state index in [1.165, 1.54) is 16.9 Å². The summed E-state index contributed by atoms with van der Waals surface area (Å²) >= 11 is 1.91. The zero-order valence-corrected chi connectivity index (χ0v) is 34.2. The highest BCUT2D eigenvalue weighted by Gasteiger charge is 2.42. The summed E-state index contributed by atoms with van der Waals surface area (Å²) in [6.07, 6.45) is 14.7. The van der Waals surface area contributed by atoms with Crippen molar-refractivity contribution in [3.8, 4) is 0 Å². The standard InChI is InChI=1S/C43H65N7O4S/c1-4-50(36-26-22-34(23-27-36)19-18-33-20-24-35(25-21-33)49(2)3)31-13-30-46-40(52)16-8-6-11-28-44-39(51)15-7-5-12-29-45-41(53)17-10-9-14-38-42-37(32-55-38)47-43(54)48-42/h18-27,37-38,42H,4-17,28-32H2,1-3H3,(H,44,51)(H,45,53)(H,46,52)(H2,47,48,54)/b19-18+/t37?,38-,42?/m0/s1.